The first kappa shape index (κ1) is 41.3. The molecule has 5 heterocycles. The fourth-order valence-electron chi connectivity index (χ4n) is 13.0. The molecular formula is C50H61F4N5OSi. The topological polar surface area (TPSA) is 54.4 Å². The highest BCUT2D eigenvalue weighted by Crippen LogP contribution is 2.66. The van der Waals surface area contributed by atoms with Crippen LogP contribution >= 0.6 is 0 Å². The van der Waals surface area contributed by atoms with Gasteiger partial charge in [-0.25, -0.2) is 22.5 Å². The van der Waals surface area contributed by atoms with E-state index in [4.69, 9.17) is 19.7 Å². The van der Waals surface area contributed by atoms with Crippen molar-refractivity contribution in [3.8, 4) is 28.7 Å². The number of piperidine rings is 2. The normalized spacial score (nSPS) is 25.9. The van der Waals surface area contributed by atoms with Crippen LogP contribution in [0.1, 0.15) is 111 Å². The maximum atomic E-state index is 17.8. The second-order valence-electron chi connectivity index (χ2n) is 21.2. The van der Waals surface area contributed by atoms with Crippen molar-refractivity contribution in [3.05, 3.63) is 53.2 Å². The van der Waals surface area contributed by atoms with E-state index in [1.165, 1.54) is 25.3 Å². The molecule has 10 rings (SSSR count). The van der Waals surface area contributed by atoms with Gasteiger partial charge in [-0.05, 0) is 110 Å². The number of aromatic nitrogens is 3. The molecule has 2 aromatic carbocycles. The molecule has 6 aliphatic rings. The van der Waals surface area contributed by atoms with E-state index in [0.29, 0.717) is 89.6 Å². The summed E-state index contributed by atoms with van der Waals surface area (Å²) in [6.07, 6.45) is 7.27. The van der Waals surface area contributed by atoms with Gasteiger partial charge in [-0.3, -0.25) is 0 Å². The van der Waals surface area contributed by atoms with Gasteiger partial charge in [0.1, 0.15) is 30.9 Å². The molecule has 2 bridgehead atoms. The lowest BCUT2D eigenvalue weighted by atomic mass is 9.82. The minimum atomic E-state index is -2.51. The average Bonchev–Trinajstić information content (AvgIpc) is 4.06. The largest absolute Gasteiger partial charge is 0.463 e. The van der Waals surface area contributed by atoms with Crippen molar-refractivity contribution in [1.29, 1.82) is 0 Å². The summed E-state index contributed by atoms with van der Waals surface area (Å²) in [6.45, 7) is 19.1. The van der Waals surface area contributed by atoms with Crippen molar-refractivity contribution >= 4 is 35.6 Å². The van der Waals surface area contributed by atoms with Gasteiger partial charge >= 0.3 is 6.01 Å². The van der Waals surface area contributed by atoms with Crippen LogP contribution in [-0.4, -0.2) is 72.7 Å². The SMILES string of the molecule is CC(C)[Si](C#Cc1c(F)ccc2cccc(-c3nc4c5c(nc(OCC6(CN7CCC8(CC7)CC8(F)F)CC6)nc5c3F)N3C[C@H]5CC[C@H](C5)[C@@H]3[C@@H](C)C4)c12)(C(C)C)C(C)C. The first-order chi connectivity index (χ1) is 29.1. The van der Waals surface area contributed by atoms with Crippen molar-refractivity contribution < 1.29 is 22.3 Å². The van der Waals surface area contributed by atoms with E-state index < -0.39 is 31.0 Å². The Bertz CT molecular complexity index is 2440. The maximum absolute atomic E-state index is 17.8. The van der Waals surface area contributed by atoms with Gasteiger partial charge in [0.25, 0.3) is 5.92 Å². The van der Waals surface area contributed by atoms with Gasteiger partial charge in [0, 0.05) is 47.3 Å². The number of likely N-dealkylation sites (tertiary alicyclic amines) is 1. The first-order valence-corrected chi connectivity index (χ1v) is 25.4. The number of benzene rings is 2. The van der Waals surface area contributed by atoms with Crippen molar-refractivity contribution in [1.82, 2.24) is 19.9 Å². The molecule has 324 valence electrons. The zero-order valence-corrected chi connectivity index (χ0v) is 38.0. The highest BCUT2D eigenvalue weighted by atomic mass is 28.3. The zero-order chi connectivity index (χ0) is 42.8. The summed E-state index contributed by atoms with van der Waals surface area (Å²) in [4.78, 5) is 20.1. The third-order valence-electron chi connectivity index (χ3n) is 16.6. The Morgan fingerprint density at radius 1 is 0.902 bits per heavy atom. The summed E-state index contributed by atoms with van der Waals surface area (Å²) in [5.41, 5.74) is 5.82. The second kappa shape index (κ2) is 14.7. The van der Waals surface area contributed by atoms with Gasteiger partial charge < -0.3 is 14.5 Å². The molecule has 3 aliphatic heterocycles. The summed E-state index contributed by atoms with van der Waals surface area (Å²) >= 11 is 0. The molecular weight excluding hydrogens is 791 g/mol. The van der Waals surface area contributed by atoms with Gasteiger partial charge in [0.15, 0.2) is 5.82 Å². The Hall–Kier alpha value is -3.75. The molecule has 6 nitrogen and oxygen atoms in total. The highest BCUT2D eigenvalue weighted by Gasteiger charge is 2.70. The molecule has 1 spiro atoms. The molecule has 0 N–H and O–H groups in total. The van der Waals surface area contributed by atoms with E-state index >= 15 is 8.78 Å². The Morgan fingerprint density at radius 2 is 1.62 bits per heavy atom. The lowest BCUT2D eigenvalue weighted by Gasteiger charge is -2.43. The number of anilines is 1. The molecule has 5 fully saturated rings. The fraction of sp³-hybridized carbons (Fsp3) is 0.620. The van der Waals surface area contributed by atoms with Crippen LogP contribution in [0.25, 0.3) is 32.9 Å². The minimum Gasteiger partial charge on any atom is -0.463 e. The monoisotopic (exact) mass is 851 g/mol. The van der Waals surface area contributed by atoms with Crippen LogP contribution in [0, 0.1) is 51.7 Å². The van der Waals surface area contributed by atoms with Crippen LogP contribution in [0.15, 0.2) is 30.3 Å². The third kappa shape index (κ3) is 6.69. The summed E-state index contributed by atoms with van der Waals surface area (Å²) in [7, 11) is -2.24. The van der Waals surface area contributed by atoms with Gasteiger partial charge in [-0.15, -0.1) is 5.54 Å². The number of halogens is 4. The summed E-state index contributed by atoms with van der Waals surface area (Å²) in [6, 6.07) is 9.30. The molecule has 2 saturated heterocycles. The van der Waals surface area contributed by atoms with Gasteiger partial charge in [0.2, 0.25) is 0 Å². The number of hydrogen-bond donors (Lipinski definition) is 0. The van der Waals surface area contributed by atoms with Gasteiger partial charge in [-0.1, -0.05) is 78.7 Å². The Balaban J connectivity index is 1.08. The molecule has 2 aromatic heterocycles. The number of fused-ring (bicyclic) bond motifs is 6. The van der Waals surface area contributed by atoms with E-state index in [2.05, 4.69) is 69.7 Å². The Labute approximate surface area is 359 Å². The number of ether oxygens (including phenoxy) is 1. The lowest BCUT2D eigenvalue weighted by Crippen LogP contribution is -2.49. The van der Waals surface area contributed by atoms with Crippen LogP contribution in [0.3, 0.4) is 0 Å². The highest BCUT2D eigenvalue weighted by molar-refractivity contribution is 6.90. The van der Waals surface area contributed by atoms with Gasteiger partial charge in [-0.2, -0.15) is 9.97 Å². The number of rotatable bonds is 9. The molecule has 4 aromatic rings. The fourth-order valence-corrected chi connectivity index (χ4v) is 18.2. The predicted octanol–water partition coefficient (Wildman–Crippen LogP) is 11.8. The molecule has 0 unspecified atom stereocenters. The quantitative estimate of drug-likeness (QED) is 0.0950. The van der Waals surface area contributed by atoms with Crippen LogP contribution in [0.5, 0.6) is 6.01 Å². The Kier molecular flexibility index (Phi) is 9.91. The van der Waals surface area contributed by atoms with E-state index in [9.17, 15) is 8.78 Å². The number of nitrogens with zero attached hydrogens (tertiary/aromatic N) is 5. The molecule has 0 amide bonds. The van der Waals surface area contributed by atoms with E-state index in [0.717, 1.165) is 37.0 Å². The van der Waals surface area contributed by atoms with E-state index in [1.54, 1.807) is 6.07 Å². The molecule has 4 atom stereocenters. The summed E-state index contributed by atoms with van der Waals surface area (Å²) < 4.78 is 69.0. The first-order valence-electron chi connectivity index (χ1n) is 23.2. The van der Waals surface area contributed by atoms with Crippen molar-refractivity contribution in [2.45, 2.75) is 135 Å². The maximum Gasteiger partial charge on any atom is 0.319 e. The molecule has 3 saturated carbocycles. The number of hydrogen-bond acceptors (Lipinski definition) is 6. The van der Waals surface area contributed by atoms with Crippen molar-refractivity contribution in [2.24, 2.45) is 28.6 Å². The van der Waals surface area contributed by atoms with Crippen molar-refractivity contribution in [3.63, 3.8) is 0 Å². The van der Waals surface area contributed by atoms with Gasteiger partial charge in [0.05, 0.1) is 23.3 Å². The lowest BCUT2D eigenvalue weighted by molar-refractivity contribution is 0.0252. The zero-order valence-electron chi connectivity index (χ0n) is 37.0. The molecule has 0 radical (unpaired) electrons. The molecule has 11 heteroatoms. The second-order valence-corrected chi connectivity index (χ2v) is 26.8. The minimum absolute atomic E-state index is 0.0287. The van der Waals surface area contributed by atoms with E-state index in [-0.39, 0.29) is 46.6 Å². The standard InChI is InChI=1S/C50H61F4N5OSi/c1-29(2)61(30(3)4,31(5)6)22-15-36-38(51)14-13-34-9-8-10-37(40(34)36)43-42(52)44-41-39(55-43)23-32(7)45-35-12-11-33(24-35)25-59(45)46(41)57-47(56-44)60-28-48(16-17-48)27-58-20-18-49(19-21-58)26-50(49,53)54/h8-10,13-14,29-33,35,45H,11-12,16-21,23-28H2,1-7H3/t32-,33-,35+,45-/m0/s1. The van der Waals surface area contributed by atoms with Crippen LogP contribution < -0.4 is 9.64 Å². The van der Waals surface area contributed by atoms with Crippen LogP contribution in [-0.2, 0) is 6.42 Å². The average molecular weight is 852 g/mol. The Morgan fingerprint density at radius 3 is 2.30 bits per heavy atom. The predicted molar refractivity (Wildman–Crippen MR) is 238 cm³/mol. The summed E-state index contributed by atoms with van der Waals surface area (Å²) in [5, 5.41) is 2.00. The van der Waals surface area contributed by atoms with Crippen LogP contribution in [0.2, 0.25) is 16.6 Å². The van der Waals surface area contributed by atoms with E-state index in [1.807, 2.05) is 18.2 Å². The molecule has 61 heavy (non-hydrogen) atoms. The number of pyridine rings is 1. The molecule has 3 aliphatic carbocycles. The number of alkyl halides is 2. The van der Waals surface area contributed by atoms with Crippen molar-refractivity contribution in [2.75, 3.05) is 37.7 Å². The smallest absolute Gasteiger partial charge is 0.319 e. The third-order valence-corrected chi connectivity index (χ3v) is 22.9. The van der Waals surface area contributed by atoms with Crippen LogP contribution in [0.4, 0.5) is 23.4 Å². The summed E-state index contributed by atoms with van der Waals surface area (Å²) in [5.74, 6) is 1.94.